The summed E-state index contributed by atoms with van der Waals surface area (Å²) in [7, 11) is 0. The Morgan fingerprint density at radius 1 is 1.45 bits per heavy atom. The minimum absolute atomic E-state index is 0.710. The molecular formula is C9H15N2+. The maximum atomic E-state index is 5.46. The van der Waals surface area contributed by atoms with Crippen LogP contribution >= 0.6 is 0 Å². The van der Waals surface area contributed by atoms with E-state index in [0.717, 1.165) is 13.0 Å². The maximum Gasteiger partial charge on any atom is 0.181 e. The quantitative estimate of drug-likeness (QED) is 0.626. The van der Waals surface area contributed by atoms with E-state index in [0.29, 0.717) is 6.54 Å². The van der Waals surface area contributed by atoms with Gasteiger partial charge in [0, 0.05) is 18.6 Å². The summed E-state index contributed by atoms with van der Waals surface area (Å²) in [4.78, 5) is 0. The Labute approximate surface area is 67.7 Å². The molecule has 0 bridgehead atoms. The lowest BCUT2D eigenvalue weighted by Crippen LogP contribution is -2.40. The zero-order valence-corrected chi connectivity index (χ0v) is 6.96. The fraction of sp³-hybridized carbons (Fsp3) is 0.444. The van der Waals surface area contributed by atoms with Crippen LogP contribution in [0.25, 0.3) is 0 Å². The molecule has 0 saturated carbocycles. The first kappa shape index (κ1) is 8.21. The molecule has 0 fully saturated rings. The highest BCUT2D eigenvalue weighted by atomic mass is 15.0. The molecule has 2 nitrogen and oxygen atoms in total. The number of aryl methyl sites for hydroxylation is 1. The van der Waals surface area contributed by atoms with Gasteiger partial charge < -0.3 is 5.73 Å². The highest BCUT2D eigenvalue weighted by molar-refractivity contribution is 4.96. The molecule has 2 N–H and O–H groups in total. The van der Waals surface area contributed by atoms with Gasteiger partial charge in [-0.15, -0.1) is 0 Å². The Hall–Kier alpha value is -0.890. The van der Waals surface area contributed by atoms with Crippen LogP contribution in [0.2, 0.25) is 0 Å². The van der Waals surface area contributed by atoms with Gasteiger partial charge in [-0.25, -0.2) is 4.57 Å². The Kier molecular flexibility index (Phi) is 3.05. The van der Waals surface area contributed by atoms with Crippen molar-refractivity contribution in [3.8, 4) is 0 Å². The van der Waals surface area contributed by atoms with Crippen molar-refractivity contribution in [2.45, 2.75) is 19.9 Å². The minimum Gasteiger partial charge on any atom is -0.325 e. The minimum atomic E-state index is 0.710. The van der Waals surface area contributed by atoms with Crippen LogP contribution < -0.4 is 10.3 Å². The molecule has 1 heterocycles. The largest absolute Gasteiger partial charge is 0.325 e. The third-order valence-electron chi connectivity index (χ3n) is 1.77. The second-order valence-corrected chi connectivity index (χ2v) is 2.53. The van der Waals surface area contributed by atoms with Gasteiger partial charge in [-0.1, -0.05) is 13.0 Å². The number of pyridine rings is 1. The second kappa shape index (κ2) is 4.09. The molecular weight excluding hydrogens is 136 g/mol. The van der Waals surface area contributed by atoms with Gasteiger partial charge in [0.15, 0.2) is 18.4 Å². The number of hydrogen-bond acceptors (Lipinski definition) is 1. The molecule has 0 aromatic carbocycles. The van der Waals surface area contributed by atoms with Crippen molar-refractivity contribution in [2.75, 3.05) is 6.54 Å². The van der Waals surface area contributed by atoms with E-state index < -0.39 is 0 Å². The molecule has 1 aromatic heterocycles. The van der Waals surface area contributed by atoms with E-state index in [9.17, 15) is 0 Å². The highest BCUT2D eigenvalue weighted by Crippen LogP contribution is 1.90. The number of rotatable bonds is 3. The van der Waals surface area contributed by atoms with E-state index in [1.165, 1.54) is 5.69 Å². The molecule has 0 aliphatic carbocycles. The zero-order valence-electron chi connectivity index (χ0n) is 6.96. The Morgan fingerprint density at radius 3 is 2.91 bits per heavy atom. The van der Waals surface area contributed by atoms with Crippen molar-refractivity contribution in [3.63, 3.8) is 0 Å². The van der Waals surface area contributed by atoms with Gasteiger partial charge in [-0.05, 0) is 0 Å². The van der Waals surface area contributed by atoms with Crippen LogP contribution in [0.5, 0.6) is 0 Å². The number of hydrogen-bond donors (Lipinski definition) is 1. The van der Waals surface area contributed by atoms with Crippen LogP contribution in [-0.2, 0) is 13.0 Å². The molecule has 0 amide bonds. The van der Waals surface area contributed by atoms with Gasteiger partial charge in [0.25, 0.3) is 0 Å². The fourth-order valence-electron chi connectivity index (χ4n) is 1.19. The summed E-state index contributed by atoms with van der Waals surface area (Å²) in [6.45, 7) is 3.79. The molecule has 60 valence electrons. The fourth-order valence-corrected chi connectivity index (χ4v) is 1.19. The van der Waals surface area contributed by atoms with Crippen LogP contribution in [0.15, 0.2) is 24.4 Å². The lowest BCUT2D eigenvalue weighted by atomic mass is 10.3. The van der Waals surface area contributed by atoms with Crippen LogP contribution in [-0.4, -0.2) is 6.54 Å². The van der Waals surface area contributed by atoms with Gasteiger partial charge in [-0.3, -0.25) is 0 Å². The normalized spacial score (nSPS) is 10.0. The third-order valence-corrected chi connectivity index (χ3v) is 1.77. The average Bonchev–Trinajstić information content (AvgIpc) is 2.06. The number of nitrogens with zero attached hydrogens (tertiary/aromatic N) is 1. The van der Waals surface area contributed by atoms with Gasteiger partial charge >= 0.3 is 0 Å². The van der Waals surface area contributed by atoms with Crippen molar-refractivity contribution in [1.29, 1.82) is 0 Å². The number of nitrogens with two attached hydrogens (primary N) is 1. The summed E-state index contributed by atoms with van der Waals surface area (Å²) in [6.07, 6.45) is 3.15. The molecule has 0 radical (unpaired) electrons. The van der Waals surface area contributed by atoms with Crippen LogP contribution in [0.1, 0.15) is 12.6 Å². The van der Waals surface area contributed by atoms with E-state index in [4.69, 9.17) is 5.73 Å². The van der Waals surface area contributed by atoms with Gasteiger partial charge in [0.1, 0.15) is 0 Å². The maximum absolute atomic E-state index is 5.46. The van der Waals surface area contributed by atoms with E-state index in [1.807, 2.05) is 6.07 Å². The SMILES string of the molecule is CCc1cccc[n+]1CCN. The molecule has 0 aliphatic rings. The van der Waals surface area contributed by atoms with Gasteiger partial charge in [0.2, 0.25) is 0 Å². The van der Waals surface area contributed by atoms with Crippen molar-refractivity contribution in [3.05, 3.63) is 30.1 Å². The molecule has 0 unspecified atom stereocenters. The van der Waals surface area contributed by atoms with Gasteiger partial charge in [0.05, 0.1) is 6.54 Å². The third kappa shape index (κ3) is 2.02. The van der Waals surface area contributed by atoms with Crippen LogP contribution in [0.4, 0.5) is 0 Å². The zero-order chi connectivity index (χ0) is 8.10. The molecule has 1 aromatic rings. The average molecular weight is 151 g/mol. The lowest BCUT2D eigenvalue weighted by Gasteiger charge is -1.98. The lowest BCUT2D eigenvalue weighted by molar-refractivity contribution is -0.701. The van der Waals surface area contributed by atoms with E-state index >= 15 is 0 Å². The molecule has 0 aliphatic heterocycles. The van der Waals surface area contributed by atoms with Gasteiger partial charge in [-0.2, -0.15) is 0 Å². The standard InChI is InChI=1S/C9H15N2/c1-2-9-5-3-4-7-11(9)8-6-10/h3-5,7H,2,6,8,10H2,1H3/q+1. The summed E-state index contributed by atoms with van der Waals surface area (Å²) in [5.41, 5.74) is 6.81. The monoisotopic (exact) mass is 151 g/mol. The summed E-state index contributed by atoms with van der Waals surface area (Å²) in [5, 5.41) is 0. The first-order valence-corrected chi connectivity index (χ1v) is 4.06. The van der Waals surface area contributed by atoms with Crippen LogP contribution in [0.3, 0.4) is 0 Å². The predicted molar refractivity (Wildman–Crippen MR) is 45.1 cm³/mol. The first-order chi connectivity index (χ1) is 5.38. The molecule has 2 heteroatoms. The van der Waals surface area contributed by atoms with E-state index in [-0.39, 0.29) is 0 Å². The second-order valence-electron chi connectivity index (χ2n) is 2.53. The smallest absolute Gasteiger partial charge is 0.181 e. The topological polar surface area (TPSA) is 29.9 Å². The number of aromatic nitrogens is 1. The molecule has 0 saturated heterocycles. The van der Waals surface area contributed by atoms with Crippen molar-refractivity contribution in [2.24, 2.45) is 5.73 Å². The molecule has 0 spiro atoms. The van der Waals surface area contributed by atoms with Crippen molar-refractivity contribution in [1.82, 2.24) is 0 Å². The Bertz CT molecular complexity index is 221. The summed E-state index contributed by atoms with van der Waals surface area (Å²) >= 11 is 0. The van der Waals surface area contributed by atoms with Crippen molar-refractivity contribution < 1.29 is 4.57 Å². The van der Waals surface area contributed by atoms with E-state index in [1.54, 1.807) is 0 Å². The van der Waals surface area contributed by atoms with Crippen LogP contribution in [0, 0.1) is 0 Å². The predicted octanol–water partition coefficient (Wildman–Crippen LogP) is 0.495. The Morgan fingerprint density at radius 2 is 2.27 bits per heavy atom. The van der Waals surface area contributed by atoms with Crippen molar-refractivity contribution >= 4 is 0 Å². The molecule has 0 atom stereocenters. The molecule has 1 rings (SSSR count). The Balaban J connectivity index is 2.83. The summed E-state index contributed by atoms with van der Waals surface area (Å²) < 4.78 is 2.19. The summed E-state index contributed by atoms with van der Waals surface area (Å²) in [6, 6.07) is 6.23. The summed E-state index contributed by atoms with van der Waals surface area (Å²) in [5.74, 6) is 0. The highest BCUT2D eigenvalue weighted by Gasteiger charge is 2.03. The molecule has 11 heavy (non-hydrogen) atoms. The van der Waals surface area contributed by atoms with E-state index in [2.05, 4.69) is 29.8 Å². The first-order valence-electron chi connectivity index (χ1n) is 4.06.